The molecule has 7 rings (SSSR count). The predicted molar refractivity (Wildman–Crippen MR) is 135 cm³/mol. The van der Waals surface area contributed by atoms with Crippen molar-refractivity contribution in [3.05, 3.63) is 78.8 Å². The highest BCUT2D eigenvalue weighted by Gasteiger charge is 2.17. The molecule has 0 radical (unpaired) electrons. The summed E-state index contributed by atoms with van der Waals surface area (Å²) >= 11 is 0. The number of H-pyrrole nitrogens is 2. The van der Waals surface area contributed by atoms with Crippen molar-refractivity contribution in [2.45, 2.75) is 12.8 Å². The smallest absolute Gasteiger partial charge is 0.224 e. The number of hydrogen-bond donors (Lipinski definition) is 3. The summed E-state index contributed by atoms with van der Waals surface area (Å²) in [5, 5.41) is 11.4. The van der Waals surface area contributed by atoms with Crippen LogP contribution in [0, 0.1) is 0 Å². The number of hydrogen-bond acceptors (Lipinski definition) is 5. The largest absolute Gasteiger partial charge is 0.337 e. The number of aryl methyl sites for hydroxylation is 1. The van der Waals surface area contributed by atoms with Crippen molar-refractivity contribution in [1.82, 2.24) is 30.1 Å². The number of benzene rings is 2. The van der Waals surface area contributed by atoms with E-state index in [0.717, 1.165) is 44.2 Å². The average molecular weight is 457 g/mol. The van der Waals surface area contributed by atoms with Crippen LogP contribution in [-0.2, 0) is 11.2 Å². The van der Waals surface area contributed by atoms with Crippen LogP contribution in [0.3, 0.4) is 0 Å². The van der Waals surface area contributed by atoms with E-state index in [0.29, 0.717) is 35.7 Å². The second kappa shape index (κ2) is 7.59. The number of anilines is 1. The van der Waals surface area contributed by atoms with Crippen molar-refractivity contribution < 1.29 is 4.79 Å². The van der Waals surface area contributed by atoms with Crippen molar-refractivity contribution in [3.8, 4) is 33.8 Å². The Bertz CT molecular complexity index is 1760. The summed E-state index contributed by atoms with van der Waals surface area (Å²) in [7, 11) is 0. The zero-order valence-corrected chi connectivity index (χ0v) is 18.5. The maximum Gasteiger partial charge on any atom is 0.224 e. The lowest BCUT2D eigenvalue weighted by Gasteiger charge is -2.09. The quantitative estimate of drug-likeness (QED) is 0.293. The number of carbonyl (C=O) groups is 1. The summed E-state index contributed by atoms with van der Waals surface area (Å²) in [4.78, 5) is 30.0. The Hall–Kier alpha value is -4.85. The Labute approximate surface area is 199 Å². The fourth-order valence-electron chi connectivity index (χ4n) is 4.66. The highest BCUT2D eigenvalue weighted by molar-refractivity contribution is 5.97. The standard InChI is InChI=1S/C27H19N7O/c35-23-8-7-15-3-1-4-16(9-15)20-5-2-6-22-24(20)32-27(31-22)25-21-11-18(13-29-26(21)34-33-25)17-10-19(30-23)14-28-12-17/h1-6,9-14H,7-8H2,(H,30,35)(H,31,32)(H,29,33,34). The van der Waals surface area contributed by atoms with Crippen LogP contribution in [0.15, 0.2) is 73.2 Å². The molecule has 2 aromatic carbocycles. The molecule has 35 heavy (non-hydrogen) atoms. The molecule has 0 spiro atoms. The van der Waals surface area contributed by atoms with Gasteiger partial charge in [0.1, 0.15) is 5.69 Å². The van der Waals surface area contributed by atoms with Gasteiger partial charge in [-0.15, -0.1) is 0 Å². The first kappa shape index (κ1) is 19.6. The fraction of sp³-hybridized carbons (Fsp3) is 0.0741. The summed E-state index contributed by atoms with van der Waals surface area (Å²) in [5.41, 5.74) is 8.71. The molecule has 0 saturated heterocycles. The third-order valence-electron chi connectivity index (χ3n) is 6.39. The van der Waals surface area contributed by atoms with Crippen LogP contribution >= 0.6 is 0 Å². The lowest BCUT2D eigenvalue weighted by Crippen LogP contribution is -2.12. The Kier molecular flexibility index (Phi) is 4.25. The molecular formula is C27H19N7O. The van der Waals surface area contributed by atoms with Gasteiger partial charge in [-0.1, -0.05) is 36.4 Å². The number of amides is 1. The number of rotatable bonds is 0. The molecule has 168 valence electrons. The zero-order chi connectivity index (χ0) is 23.4. The van der Waals surface area contributed by atoms with Crippen molar-refractivity contribution in [1.29, 1.82) is 0 Å². The molecule has 0 atom stereocenters. The molecular weight excluding hydrogens is 438 g/mol. The molecule has 1 amide bonds. The van der Waals surface area contributed by atoms with E-state index in [-0.39, 0.29) is 5.91 Å². The third kappa shape index (κ3) is 3.34. The normalized spacial score (nSPS) is 13.2. The van der Waals surface area contributed by atoms with E-state index in [2.05, 4.69) is 48.7 Å². The molecule has 0 aliphatic carbocycles. The minimum atomic E-state index is -0.0554. The first-order valence-electron chi connectivity index (χ1n) is 11.4. The van der Waals surface area contributed by atoms with Gasteiger partial charge in [-0.05, 0) is 35.7 Å². The van der Waals surface area contributed by atoms with Crippen LogP contribution < -0.4 is 5.32 Å². The number of imidazole rings is 1. The van der Waals surface area contributed by atoms with Gasteiger partial charge < -0.3 is 10.3 Å². The van der Waals surface area contributed by atoms with Gasteiger partial charge >= 0.3 is 0 Å². The SMILES string of the molecule is O=C1CCc2cccc(c2)-c2cccc3[nH]c(nc23)-c2n[nH]c3ncc(cc23)-c2cncc(c2)N1. The Morgan fingerprint density at radius 2 is 1.77 bits per heavy atom. The number of para-hydroxylation sites is 1. The maximum absolute atomic E-state index is 12.7. The Morgan fingerprint density at radius 3 is 2.74 bits per heavy atom. The fourth-order valence-corrected chi connectivity index (χ4v) is 4.66. The van der Waals surface area contributed by atoms with Gasteiger partial charge in [0.15, 0.2) is 11.5 Å². The van der Waals surface area contributed by atoms with Crippen LogP contribution in [0.1, 0.15) is 12.0 Å². The Morgan fingerprint density at radius 1 is 0.857 bits per heavy atom. The lowest BCUT2D eigenvalue weighted by atomic mass is 10.00. The van der Waals surface area contributed by atoms with Crippen LogP contribution in [0.2, 0.25) is 0 Å². The summed E-state index contributed by atoms with van der Waals surface area (Å²) < 4.78 is 0. The van der Waals surface area contributed by atoms with Gasteiger partial charge in [0.05, 0.1) is 28.3 Å². The summed E-state index contributed by atoms with van der Waals surface area (Å²) in [6, 6.07) is 18.3. The molecule has 0 fully saturated rings. The van der Waals surface area contributed by atoms with Crippen molar-refractivity contribution in [3.63, 3.8) is 0 Å². The van der Waals surface area contributed by atoms with Crippen LogP contribution in [0.25, 0.3) is 55.8 Å². The van der Waals surface area contributed by atoms with E-state index in [1.165, 1.54) is 0 Å². The lowest BCUT2D eigenvalue weighted by molar-refractivity contribution is -0.116. The molecule has 1 aliphatic rings. The predicted octanol–water partition coefficient (Wildman–Crippen LogP) is 5.11. The average Bonchev–Trinajstić information content (AvgIpc) is 3.51. The molecule has 5 heterocycles. The summed E-state index contributed by atoms with van der Waals surface area (Å²) in [6.45, 7) is 0. The minimum absolute atomic E-state index is 0.0554. The van der Waals surface area contributed by atoms with Crippen LogP contribution in [0.5, 0.6) is 0 Å². The molecule has 0 unspecified atom stereocenters. The number of aromatic nitrogens is 6. The van der Waals surface area contributed by atoms with Crippen molar-refractivity contribution in [2.24, 2.45) is 0 Å². The number of nitrogens with zero attached hydrogens (tertiary/aromatic N) is 4. The molecule has 1 aliphatic heterocycles. The molecule has 8 bridgehead atoms. The zero-order valence-electron chi connectivity index (χ0n) is 18.5. The van der Waals surface area contributed by atoms with Gasteiger partial charge in [-0.25, -0.2) is 9.97 Å². The van der Waals surface area contributed by atoms with Gasteiger partial charge in [-0.2, -0.15) is 5.10 Å². The maximum atomic E-state index is 12.7. The van der Waals surface area contributed by atoms with Crippen molar-refractivity contribution in [2.75, 3.05) is 5.32 Å². The minimum Gasteiger partial charge on any atom is -0.337 e. The molecule has 4 aromatic heterocycles. The van der Waals surface area contributed by atoms with Crippen molar-refractivity contribution >= 4 is 33.7 Å². The summed E-state index contributed by atoms with van der Waals surface area (Å²) in [5.74, 6) is 0.620. The molecule has 8 heteroatoms. The van der Waals surface area contributed by atoms with E-state index < -0.39 is 0 Å². The van der Waals surface area contributed by atoms with Crippen LogP contribution in [-0.4, -0.2) is 36.0 Å². The first-order chi connectivity index (χ1) is 17.2. The van der Waals surface area contributed by atoms with E-state index in [9.17, 15) is 4.79 Å². The molecule has 3 N–H and O–H groups in total. The van der Waals surface area contributed by atoms with E-state index in [1.54, 1.807) is 18.6 Å². The van der Waals surface area contributed by atoms with E-state index >= 15 is 0 Å². The van der Waals surface area contributed by atoms with Gasteiger partial charge in [0.2, 0.25) is 5.91 Å². The summed E-state index contributed by atoms with van der Waals surface area (Å²) in [6.07, 6.45) is 6.19. The number of aromatic amines is 2. The highest BCUT2D eigenvalue weighted by Crippen LogP contribution is 2.33. The molecule has 8 nitrogen and oxygen atoms in total. The van der Waals surface area contributed by atoms with Crippen LogP contribution in [0.4, 0.5) is 5.69 Å². The van der Waals surface area contributed by atoms with Gasteiger partial charge in [0.25, 0.3) is 0 Å². The van der Waals surface area contributed by atoms with Gasteiger partial charge in [-0.3, -0.25) is 14.9 Å². The topological polar surface area (TPSA) is 112 Å². The van der Waals surface area contributed by atoms with E-state index in [1.807, 2.05) is 36.4 Å². The monoisotopic (exact) mass is 457 g/mol. The first-order valence-corrected chi connectivity index (χ1v) is 11.4. The van der Waals surface area contributed by atoms with E-state index in [4.69, 9.17) is 4.98 Å². The third-order valence-corrected chi connectivity index (χ3v) is 6.39. The molecule has 6 aromatic rings. The highest BCUT2D eigenvalue weighted by atomic mass is 16.1. The number of carbonyl (C=O) groups excluding carboxylic acids is 1. The molecule has 0 saturated carbocycles. The van der Waals surface area contributed by atoms with Gasteiger partial charge in [0, 0.05) is 35.5 Å². The second-order valence-electron chi connectivity index (χ2n) is 8.69. The Balaban J connectivity index is 1.48. The number of fused-ring (bicyclic) bond motifs is 9. The number of nitrogens with one attached hydrogen (secondary N) is 3. The second-order valence-corrected chi connectivity index (χ2v) is 8.69. The number of pyridine rings is 2.